The molecular weight excluding hydrogens is 191 g/mol. The Hall–Kier alpha value is -0.460. The fourth-order valence-corrected chi connectivity index (χ4v) is 1.43. The van der Waals surface area contributed by atoms with Gasteiger partial charge in [0, 0.05) is 5.88 Å². The molecule has 1 aromatic rings. The summed E-state index contributed by atoms with van der Waals surface area (Å²) in [5.74, 6) is 0.423. The Morgan fingerprint density at radius 2 is 2.08 bits per heavy atom. The first-order valence-electron chi connectivity index (χ1n) is 3.71. The third kappa shape index (κ3) is 2.02. The van der Waals surface area contributed by atoms with Crippen LogP contribution in [0.5, 0.6) is 0 Å². The molecule has 0 radical (unpaired) electrons. The average molecular weight is 201 g/mol. The van der Waals surface area contributed by atoms with Crippen LogP contribution in [-0.2, 0) is 0 Å². The van der Waals surface area contributed by atoms with Gasteiger partial charge >= 0.3 is 0 Å². The van der Waals surface area contributed by atoms with Crippen LogP contribution >= 0.6 is 23.2 Å². The topological polar surface area (TPSA) is 0 Å². The van der Waals surface area contributed by atoms with Crippen LogP contribution in [0.15, 0.2) is 30.8 Å². The number of hydrogen-bond acceptors (Lipinski definition) is 0. The lowest BCUT2D eigenvalue weighted by molar-refractivity contribution is 1.09. The van der Waals surface area contributed by atoms with Crippen molar-refractivity contribution < 1.29 is 0 Å². The van der Waals surface area contributed by atoms with Crippen LogP contribution in [0.2, 0.25) is 0 Å². The van der Waals surface area contributed by atoms with E-state index in [9.17, 15) is 0 Å². The molecule has 0 aromatic heterocycles. The van der Waals surface area contributed by atoms with Crippen molar-refractivity contribution in [2.24, 2.45) is 0 Å². The van der Waals surface area contributed by atoms with Gasteiger partial charge in [0.1, 0.15) is 0 Å². The van der Waals surface area contributed by atoms with Crippen molar-refractivity contribution in [2.45, 2.75) is 5.38 Å². The van der Waals surface area contributed by atoms with Gasteiger partial charge in [-0.25, -0.2) is 0 Å². The van der Waals surface area contributed by atoms with Crippen molar-refractivity contribution in [3.05, 3.63) is 42.0 Å². The van der Waals surface area contributed by atoms with Crippen molar-refractivity contribution >= 4 is 29.3 Å². The smallest absolute Gasteiger partial charge is 0.0726 e. The summed E-state index contributed by atoms with van der Waals surface area (Å²) in [4.78, 5) is 0. The summed E-state index contributed by atoms with van der Waals surface area (Å²) >= 11 is 11.6. The van der Waals surface area contributed by atoms with Crippen LogP contribution in [-0.4, -0.2) is 5.88 Å². The predicted molar refractivity (Wildman–Crippen MR) is 55.8 cm³/mol. The van der Waals surface area contributed by atoms with E-state index in [0.717, 1.165) is 11.1 Å². The Labute approximate surface area is 82.8 Å². The van der Waals surface area contributed by atoms with E-state index in [2.05, 4.69) is 6.58 Å². The second-order valence-corrected chi connectivity index (χ2v) is 3.29. The van der Waals surface area contributed by atoms with Crippen LogP contribution in [0.3, 0.4) is 0 Å². The van der Waals surface area contributed by atoms with Crippen molar-refractivity contribution in [3.63, 3.8) is 0 Å². The van der Waals surface area contributed by atoms with Crippen molar-refractivity contribution in [2.75, 3.05) is 5.88 Å². The third-order valence-electron chi connectivity index (χ3n) is 1.69. The molecule has 0 fully saturated rings. The number of rotatable bonds is 3. The predicted octanol–water partition coefficient (Wildman–Crippen LogP) is 3.85. The van der Waals surface area contributed by atoms with Crippen LogP contribution in [0.1, 0.15) is 16.5 Å². The second-order valence-electron chi connectivity index (χ2n) is 2.45. The largest absolute Gasteiger partial charge is 0.125 e. The van der Waals surface area contributed by atoms with E-state index in [1.54, 1.807) is 6.08 Å². The Morgan fingerprint density at radius 1 is 1.42 bits per heavy atom. The Balaban J connectivity index is 3.04. The van der Waals surface area contributed by atoms with Gasteiger partial charge in [0.25, 0.3) is 0 Å². The van der Waals surface area contributed by atoms with Crippen LogP contribution in [0, 0.1) is 0 Å². The molecule has 1 aromatic carbocycles. The van der Waals surface area contributed by atoms with Gasteiger partial charge in [-0.1, -0.05) is 36.9 Å². The lowest BCUT2D eigenvalue weighted by Crippen LogP contribution is -1.94. The van der Waals surface area contributed by atoms with Gasteiger partial charge in [0.05, 0.1) is 5.38 Å². The van der Waals surface area contributed by atoms with Crippen LogP contribution < -0.4 is 0 Å². The lowest BCUT2D eigenvalue weighted by Gasteiger charge is -2.08. The van der Waals surface area contributed by atoms with Gasteiger partial charge in [0.2, 0.25) is 0 Å². The van der Waals surface area contributed by atoms with Crippen molar-refractivity contribution in [3.8, 4) is 0 Å². The van der Waals surface area contributed by atoms with E-state index in [1.807, 2.05) is 24.3 Å². The highest BCUT2D eigenvalue weighted by Gasteiger charge is 2.08. The lowest BCUT2D eigenvalue weighted by atomic mass is 10.1. The number of alkyl halides is 2. The molecule has 1 unspecified atom stereocenters. The van der Waals surface area contributed by atoms with Gasteiger partial charge in [0.15, 0.2) is 0 Å². The molecule has 1 rings (SSSR count). The molecule has 0 aliphatic carbocycles. The standard InChI is InChI=1S/C10H10Cl2/c1-2-8-5-3-4-6-9(8)10(12)7-11/h2-6,10H,1,7H2. The van der Waals surface area contributed by atoms with Crippen LogP contribution in [0.4, 0.5) is 0 Å². The monoisotopic (exact) mass is 200 g/mol. The van der Waals surface area contributed by atoms with Gasteiger partial charge in [-0.05, 0) is 11.1 Å². The van der Waals surface area contributed by atoms with E-state index in [1.165, 1.54) is 0 Å². The molecular formula is C10H10Cl2. The SMILES string of the molecule is C=Cc1ccccc1C(Cl)CCl. The molecule has 0 nitrogen and oxygen atoms in total. The van der Waals surface area contributed by atoms with E-state index in [0.29, 0.717) is 5.88 Å². The van der Waals surface area contributed by atoms with E-state index in [4.69, 9.17) is 23.2 Å². The Kier molecular flexibility index (Phi) is 3.64. The summed E-state index contributed by atoms with van der Waals surface area (Å²) in [6.07, 6.45) is 1.79. The summed E-state index contributed by atoms with van der Waals surface area (Å²) in [6.45, 7) is 3.71. The summed E-state index contributed by atoms with van der Waals surface area (Å²) in [5.41, 5.74) is 2.10. The highest BCUT2D eigenvalue weighted by atomic mass is 35.5. The molecule has 0 heterocycles. The van der Waals surface area contributed by atoms with Gasteiger partial charge in [-0.15, -0.1) is 23.2 Å². The summed E-state index contributed by atoms with van der Waals surface area (Å²) in [5, 5.41) is -0.124. The van der Waals surface area contributed by atoms with E-state index < -0.39 is 0 Å². The molecule has 12 heavy (non-hydrogen) atoms. The fourth-order valence-electron chi connectivity index (χ4n) is 1.07. The zero-order valence-electron chi connectivity index (χ0n) is 6.63. The molecule has 0 saturated heterocycles. The molecule has 0 saturated carbocycles. The molecule has 0 bridgehead atoms. The zero-order chi connectivity index (χ0) is 8.97. The highest BCUT2D eigenvalue weighted by Crippen LogP contribution is 2.25. The fraction of sp³-hybridized carbons (Fsp3) is 0.200. The quantitative estimate of drug-likeness (QED) is 0.651. The molecule has 0 aliphatic rings. The molecule has 0 N–H and O–H groups in total. The number of benzene rings is 1. The summed E-state index contributed by atoms with van der Waals surface area (Å²) in [7, 11) is 0. The third-order valence-corrected chi connectivity index (χ3v) is 2.54. The second kappa shape index (κ2) is 4.54. The molecule has 2 heteroatoms. The van der Waals surface area contributed by atoms with Crippen molar-refractivity contribution in [1.29, 1.82) is 0 Å². The van der Waals surface area contributed by atoms with Gasteiger partial charge < -0.3 is 0 Å². The van der Waals surface area contributed by atoms with E-state index in [-0.39, 0.29) is 5.38 Å². The maximum Gasteiger partial charge on any atom is 0.0726 e. The maximum atomic E-state index is 5.99. The highest BCUT2D eigenvalue weighted by molar-refractivity contribution is 6.28. The Morgan fingerprint density at radius 3 is 2.67 bits per heavy atom. The maximum absolute atomic E-state index is 5.99. The van der Waals surface area contributed by atoms with E-state index >= 15 is 0 Å². The summed E-state index contributed by atoms with van der Waals surface area (Å²) in [6, 6.07) is 7.85. The van der Waals surface area contributed by atoms with Crippen molar-refractivity contribution in [1.82, 2.24) is 0 Å². The zero-order valence-corrected chi connectivity index (χ0v) is 8.15. The van der Waals surface area contributed by atoms with Gasteiger partial charge in [-0.3, -0.25) is 0 Å². The summed E-state index contributed by atoms with van der Waals surface area (Å²) < 4.78 is 0. The first kappa shape index (κ1) is 9.63. The minimum atomic E-state index is -0.124. The minimum Gasteiger partial charge on any atom is -0.125 e. The van der Waals surface area contributed by atoms with Crippen LogP contribution in [0.25, 0.3) is 6.08 Å². The molecule has 64 valence electrons. The first-order valence-corrected chi connectivity index (χ1v) is 4.68. The normalized spacial score (nSPS) is 12.5. The number of hydrogen-bond donors (Lipinski definition) is 0. The molecule has 0 spiro atoms. The number of halogens is 2. The molecule has 0 amide bonds. The minimum absolute atomic E-state index is 0.124. The Bertz CT molecular complexity index is 268. The molecule has 0 aliphatic heterocycles. The van der Waals surface area contributed by atoms with Gasteiger partial charge in [-0.2, -0.15) is 0 Å². The average Bonchev–Trinajstić information content (AvgIpc) is 2.16. The molecule has 1 atom stereocenters. The first-order chi connectivity index (χ1) is 5.79.